The van der Waals surface area contributed by atoms with Crippen LogP contribution in [-0.2, 0) is 17.8 Å². The average Bonchev–Trinajstić information content (AvgIpc) is 3.23. The number of halogens is 2. The molecule has 10 heteroatoms. The van der Waals surface area contributed by atoms with Crippen LogP contribution < -0.4 is 5.69 Å². The van der Waals surface area contributed by atoms with Gasteiger partial charge in [-0.3, -0.25) is 9.47 Å². The molecule has 0 unspecified atom stereocenters. The van der Waals surface area contributed by atoms with Gasteiger partial charge in [0.05, 0.1) is 24.1 Å². The van der Waals surface area contributed by atoms with Crippen molar-refractivity contribution in [3.05, 3.63) is 70.0 Å². The molecule has 1 aliphatic rings. The second kappa shape index (κ2) is 8.03. The van der Waals surface area contributed by atoms with E-state index in [4.69, 9.17) is 4.74 Å². The molecule has 1 fully saturated rings. The molecule has 5 rings (SSSR count). The Hall–Kier alpha value is -3.24. The van der Waals surface area contributed by atoms with Crippen molar-refractivity contribution in [3.8, 4) is 0 Å². The van der Waals surface area contributed by atoms with E-state index in [1.54, 1.807) is 6.20 Å². The van der Waals surface area contributed by atoms with Crippen LogP contribution in [0.2, 0.25) is 0 Å². The molecule has 0 aliphatic carbocycles. The third kappa shape index (κ3) is 3.76. The molecule has 1 aromatic carbocycles. The van der Waals surface area contributed by atoms with Crippen LogP contribution in [0.1, 0.15) is 25.0 Å². The van der Waals surface area contributed by atoms with Crippen molar-refractivity contribution in [2.24, 2.45) is 0 Å². The normalized spacial score (nSPS) is 19.8. The topological polar surface area (TPSA) is 77.6 Å². The number of hydrogen-bond donors (Lipinski definition) is 0. The Kier molecular flexibility index (Phi) is 5.18. The smallest absolute Gasteiger partial charge is 0.352 e. The quantitative estimate of drug-likeness (QED) is 0.485. The summed E-state index contributed by atoms with van der Waals surface area (Å²) in [7, 11) is 0. The lowest BCUT2D eigenvalue weighted by Crippen LogP contribution is -2.44. The molecule has 0 bridgehead atoms. The van der Waals surface area contributed by atoms with Gasteiger partial charge in [-0.15, -0.1) is 0 Å². The Morgan fingerprint density at radius 3 is 2.53 bits per heavy atom. The van der Waals surface area contributed by atoms with Crippen molar-refractivity contribution in [1.82, 2.24) is 29.0 Å². The van der Waals surface area contributed by atoms with E-state index in [-0.39, 0.29) is 18.8 Å². The molecule has 1 aliphatic heterocycles. The minimum Gasteiger partial charge on any atom is -0.373 e. The number of rotatable bonds is 4. The van der Waals surface area contributed by atoms with Crippen molar-refractivity contribution in [2.45, 2.75) is 39.1 Å². The first-order chi connectivity index (χ1) is 15.4. The summed E-state index contributed by atoms with van der Waals surface area (Å²) >= 11 is 0. The molecular formula is C22H22F2N6O2. The van der Waals surface area contributed by atoms with Gasteiger partial charge in [-0.1, -0.05) is 6.07 Å². The van der Waals surface area contributed by atoms with Crippen LogP contribution in [-0.4, -0.2) is 54.3 Å². The van der Waals surface area contributed by atoms with Gasteiger partial charge in [0.25, 0.3) is 0 Å². The van der Waals surface area contributed by atoms with Crippen molar-refractivity contribution in [2.75, 3.05) is 13.1 Å². The highest BCUT2D eigenvalue weighted by Crippen LogP contribution is 2.20. The molecule has 2 atom stereocenters. The van der Waals surface area contributed by atoms with Crippen molar-refractivity contribution in [1.29, 1.82) is 0 Å². The van der Waals surface area contributed by atoms with Gasteiger partial charge in [0, 0.05) is 25.8 Å². The number of fused-ring (bicyclic) bond motifs is 3. The van der Waals surface area contributed by atoms with E-state index in [1.807, 2.05) is 6.07 Å². The number of ether oxygens (including phenoxy) is 1. The standard InChI is InChI=1S/C22H22F2N6O2/c1-13-8-28(9-14(2)32-13)10-16-5-17-20(25-7-16)29(22(31)30-21(17)26-12-27-30)11-15-3-4-18(23)19(24)6-15/h3-7,12-14H,8-11H2,1-2H3/t13-,14+. The summed E-state index contributed by atoms with van der Waals surface area (Å²) in [6.45, 7) is 6.45. The first kappa shape index (κ1) is 20.7. The molecule has 32 heavy (non-hydrogen) atoms. The van der Waals surface area contributed by atoms with Crippen LogP contribution in [0, 0.1) is 11.6 Å². The van der Waals surface area contributed by atoms with Gasteiger partial charge in [0.15, 0.2) is 17.3 Å². The van der Waals surface area contributed by atoms with Crippen LogP contribution in [0.4, 0.5) is 8.78 Å². The van der Waals surface area contributed by atoms with Gasteiger partial charge < -0.3 is 4.74 Å². The molecule has 0 amide bonds. The largest absolute Gasteiger partial charge is 0.373 e. The van der Waals surface area contributed by atoms with Gasteiger partial charge in [0.2, 0.25) is 0 Å². The first-order valence-electron chi connectivity index (χ1n) is 10.4. The fourth-order valence-corrected chi connectivity index (χ4v) is 4.37. The SMILES string of the molecule is C[C@@H]1CN(Cc2cnc3c(c2)c2ncnn2c(=O)n3Cc2ccc(F)c(F)c2)C[C@H](C)O1. The van der Waals surface area contributed by atoms with Gasteiger partial charge in [-0.05, 0) is 43.2 Å². The van der Waals surface area contributed by atoms with E-state index in [1.165, 1.54) is 21.5 Å². The summed E-state index contributed by atoms with van der Waals surface area (Å²) in [5.41, 5.74) is 1.78. The summed E-state index contributed by atoms with van der Waals surface area (Å²) < 4.78 is 35.4. The maximum Gasteiger partial charge on any atom is 0.352 e. The number of hydrogen-bond acceptors (Lipinski definition) is 6. The maximum atomic E-state index is 13.7. The number of pyridine rings is 1. The highest BCUT2D eigenvalue weighted by atomic mass is 19.2. The van der Waals surface area contributed by atoms with Gasteiger partial charge in [0.1, 0.15) is 12.0 Å². The molecule has 0 N–H and O–H groups in total. The molecule has 4 aromatic rings. The van der Waals surface area contributed by atoms with E-state index >= 15 is 0 Å². The number of nitrogens with zero attached hydrogens (tertiary/aromatic N) is 6. The second-order valence-corrected chi connectivity index (χ2v) is 8.28. The summed E-state index contributed by atoms with van der Waals surface area (Å²) in [5.74, 6) is -1.90. The zero-order valence-electron chi connectivity index (χ0n) is 17.7. The van der Waals surface area contributed by atoms with Crippen LogP contribution in [0.3, 0.4) is 0 Å². The monoisotopic (exact) mass is 440 g/mol. The lowest BCUT2D eigenvalue weighted by molar-refractivity contribution is -0.0705. The van der Waals surface area contributed by atoms with Crippen LogP contribution in [0.25, 0.3) is 16.7 Å². The van der Waals surface area contributed by atoms with E-state index in [9.17, 15) is 13.6 Å². The van der Waals surface area contributed by atoms with Gasteiger partial charge in [-0.2, -0.15) is 9.61 Å². The Morgan fingerprint density at radius 2 is 1.78 bits per heavy atom. The number of morpholine rings is 1. The van der Waals surface area contributed by atoms with E-state index < -0.39 is 17.3 Å². The highest BCUT2D eigenvalue weighted by Gasteiger charge is 2.23. The summed E-state index contributed by atoms with van der Waals surface area (Å²) in [5, 5.41) is 4.71. The zero-order chi connectivity index (χ0) is 22.4. The average molecular weight is 440 g/mol. The predicted molar refractivity (Wildman–Crippen MR) is 113 cm³/mol. The minimum absolute atomic E-state index is 0.0210. The third-order valence-corrected chi connectivity index (χ3v) is 5.61. The second-order valence-electron chi connectivity index (χ2n) is 8.28. The molecule has 4 heterocycles. The molecule has 0 radical (unpaired) electrons. The van der Waals surface area contributed by atoms with E-state index in [2.05, 4.69) is 33.8 Å². The first-order valence-corrected chi connectivity index (χ1v) is 10.4. The van der Waals surface area contributed by atoms with Crippen molar-refractivity contribution < 1.29 is 13.5 Å². The number of aromatic nitrogens is 5. The Morgan fingerprint density at radius 1 is 1.00 bits per heavy atom. The van der Waals surface area contributed by atoms with Crippen LogP contribution in [0.5, 0.6) is 0 Å². The van der Waals surface area contributed by atoms with Gasteiger partial charge in [-0.25, -0.2) is 23.5 Å². The lowest BCUT2D eigenvalue weighted by Gasteiger charge is -2.35. The summed E-state index contributed by atoms with van der Waals surface area (Å²) in [6, 6.07) is 5.52. The molecule has 166 valence electrons. The maximum absolute atomic E-state index is 13.7. The fraction of sp³-hybridized carbons (Fsp3) is 0.364. The fourth-order valence-electron chi connectivity index (χ4n) is 4.37. The molecule has 3 aromatic heterocycles. The number of benzene rings is 1. The summed E-state index contributed by atoms with van der Waals surface area (Å²) in [4.78, 5) is 24.1. The minimum atomic E-state index is -0.967. The van der Waals surface area contributed by atoms with Crippen LogP contribution >= 0.6 is 0 Å². The molecule has 8 nitrogen and oxygen atoms in total. The summed E-state index contributed by atoms with van der Waals surface area (Å²) in [6.07, 6.45) is 3.35. The third-order valence-electron chi connectivity index (χ3n) is 5.61. The van der Waals surface area contributed by atoms with Crippen LogP contribution in [0.15, 0.2) is 41.6 Å². The van der Waals surface area contributed by atoms with Crippen molar-refractivity contribution in [3.63, 3.8) is 0 Å². The van der Waals surface area contributed by atoms with E-state index in [0.717, 1.165) is 30.8 Å². The van der Waals surface area contributed by atoms with Gasteiger partial charge >= 0.3 is 5.69 Å². The molecular weight excluding hydrogens is 418 g/mol. The lowest BCUT2D eigenvalue weighted by atomic mass is 10.1. The Labute approximate surface area is 182 Å². The molecule has 0 saturated carbocycles. The van der Waals surface area contributed by atoms with E-state index in [0.29, 0.717) is 28.8 Å². The Bertz CT molecular complexity index is 1360. The Balaban J connectivity index is 1.57. The molecule has 0 spiro atoms. The van der Waals surface area contributed by atoms with Crippen molar-refractivity contribution >= 4 is 16.7 Å². The molecule has 1 saturated heterocycles. The zero-order valence-corrected chi connectivity index (χ0v) is 17.7. The highest BCUT2D eigenvalue weighted by molar-refractivity contribution is 5.89. The predicted octanol–water partition coefficient (Wildman–Crippen LogP) is 2.37.